The molecule has 0 amide bonds. The Morgan fingerprint density at radius 1 is 1.44 bits per heavy atom. The molecular weight excluding hydrogens is 208 g/mol. The monoisotopic (exact) mass is 226 g/mol. The van der Waals surface area contributed by atoms with Crippen LogP contribution in [-0.4, -0.2) is 22.6 Å². The van der Waals surface area contributed by atoms with Gasteiger partial charge in [-0.1, -0.05) is 13.5 Å². The highest BCUT2D eigenvalue weighted by Gasteiger charge is 2.25. The molecule has 0 rings (SSSR count). The summed E-state index contributed by atoms with van der Waals surface area (Å²) in [5, 5.41) is 8.76. The summed E-state index contributed by atoms with van der Waals surface area (Å²) in [5.41, 5.74) is -0.460. The minimum atomic E-state index is -1.02. The molecule has 16 heavy (non-hydrogen) atoms. The summed E-state index contributed by atoms with van der Waals surface area (Å²) in [4.78, 5) is 22.1. The Hall–Kier alpha value is -1.58. The largest absolute Gasteiger partial charge is 0.478 e. The Bertz CT molecular complexity index is 341. The summed E-state index contributed by atoms with van der Waals surface area (Å²) in [6.45, 7) is 9.97. The molecule has 0 aliphatic rings. The van der Waals surface area contributed by atoms with Crippen molar-refractivity contribution in [1.29, 1.82) is 0 Å². The van der Waals surface area contributed by atoms with Gasteiger partial charge < -0.3 is 9.84 Å². The molecule has 0 aliphatic heterocycles. The molecule has 0 aromatic rings. The average Bonchev–Trinajstić information content (AvgIpc) is 2.17. The van der Waals surface area contributed by atoms with Crippen molar-refractivity contribution in [2.75, 3.05) is 0 Å². The van der Waals surface area contributed by atoms with Gasteiger partial charge in [-0.05, 0) is 33.3 Å². The molecule has 90 valence electrons. The highest BCUT2D eigenvalue weighted by molar-refractivity contribution is 5.88. The van der Waals surface area contributed by atoms with Gasteiger partial charge in [-0.15, -0.1) is 0 Å². The average molecular weight is 226 g/mol. The maximum atomic E-state index is 11.4. The van der Waals surface area contributed by atoms with E-state index >= 15 is 0 Å². The number of hydrogen-bond acceptors (Lipinski definition) is 3. The first-order valence-corrected chi connectivity index (χ1v) is 5.03. The normalized spacial score (nSPS) is 15.1. The molecule has 0 spiro atoms. The van der Waals surface area contributed by atoms with Crippen LogP contribution in [-0.2, 0) is 14.3 Å². The maximum absolute atomic E-state index is 11.4. The lowest BCUT2D eigenvalue weighted by molar-refractivity contribution is -0.149. The molecule has 0 fully saturated rings. The quantitative estimate of drug-likeness (QED) is 0.577. The van der Waals surface area contributed by atoms with Crippen molar-refractivity contribution >= 4 is 11.9 Å². The Kier molecular flexibility index (Phi) is 4.95. The third kappa shape index (κ3) is 4.29. The van der Waals surface area contributed by atoms with Gasteiger partial charge in [0.05, 0.1) is 0 Å². The highest BCUT2D eigenvalue weighted by Crippen LogP contribution is 2.20. The third-order valence-electron chi connectivity index (χ3n) is 2.24. The first-order valence-electron chi connectivity index (χ1n) is 5.03. The number of esters is 1. The van der Waals surface area contributed by atoms with Crippen molar-refractivity contribution in [3.8, 4) is 0 Å². The van der Waals surface area contributed by atoms with Crippen molar-refractivity contribution in [2.45, 2.75) is 39.7 Å². The van der Waals surface area contributed by atoms with Crippen LogP contribution in [0, 0.1) is 0 Å². The fourth-order valence-electron chi connectivity index (χ4n) is 1.02. The van der Waals surface area contributed by atoms with Crippen LogP contribution < -0.4 is 0 Å². The number of rotatable bonds is 5. The number of carbonyl (C=O) groups is 2. The lowest BCUT2D eigenvalue weighted by atomic mass is 10.00. The molecule has 0 aromatic heterocycles. The lowest BCUT2D eigenvalue weighted by Gasteiger charge is -2.25. The van der Waals surface area contributed by atoms with Gasteiger partial charge in [0.1, 0.15) is 5.60 Å². The molecule has 0 saturated heterocycles. The van der Waals surface area contributed by atoms with E-state index in [9.17, 15) is 9.59 Å². The number of aliphatic carboxylic acids is 1. The van der Waals surface area contributed by atoms with Gasteiger partial charge in [0.2, 0.25) is 0 Å². The minimum Gasteiger partial charge on any atom is -0.478 e. The van der Waals surface area contributed by atoms with E-state index in [4.69, 9.17) is 9.84 Å². The van der Waals surface area contributed by atoms with Gasteiger partial charge in [-0.25, -0.2) is 9.59 Å². The van der Waals surface area contributed by atoms with E-state index in [-0.39, 0.29) is 5.57 Å². The van der Waals surface area contributed by atoms with E-state index in [2.05, 4.69) is 6.58 Å². The molecule has 0 bridgehead atoms. The van der Waals surface area contributed by atoms with Crippen molar-refractivity contribution < 1.29 is 19.4 Å². The molecule has 0 radical (unpaired) electrons. The number of carboxylic acids is 1. The molecule has 0 saturated carbocycles. The van der Waals surface area contributed by atoms with Crippen molar-refractivity contribution in [1.82, 2.24) is 0 Å². The molecule has 1 N–H and O–H groups in total. The van der Waals surface area contributed by atoms with Crippen LogP contribution in [0.25, 0.3) is 0 Å². The van der Waals surface area contributed by atoms with Crippen LogP contribution in [0.2, 0.25) is 0 Å². The highest BCUT2D eigenvalue weighted by atomic mass is 16.6. The van der Waals surface area contributed by atoms with E-state index in [0.29, 0.717) is 12.0 Å². The Labute approximate surface area is 95.6 Å². The second-order valence-corrected chi connectivity index (χ2v) is 3.97. The van der Waals surface area contributed by atoms with Crippen LogP contribution in [0.1, 0.15) is 34.1 Å². The second kappa shape index (κ2) is 5.49. The zero-order chi connectivity index (χ0) is 12.9. The Morgan fingerprint density at radius 3 is 2.25 bits per heavy atom. The molecule has 1 unspecified atom stereocenters. The van der Waals surface area contributed by atoms with Crippen molar-refractivity contribution in [3.05, 3.63) is 23.8 Å². The van der Waals surface area contributed by atoms with E-state index < -0.39 is 17.5 Å². The predicted molar refractivity (Wildman–Crippen MR) is 61.0 cm³/mol. The van der Waals surface area contributed by atoms with Gasteiger partial charge in [0, 0.05) is 11.1 Å². The van der Waals surface area contributed by atoms with Crippen LogP contribution in [0.15, 0.2) is 23.8 Å². The topological polar surface area (TPSA) is 63.6 Å². The molecule has 4 nitrogen and oxygen atoms in total. The second-order valence-electron chi connectivity index (χ2n) is 3.97. The standard InChI is InChI=1S/C12H18O4/c1-6-12(5,7-9(4)10(13)14)16-11(15)8(2)3/h7H,2,6H2,1,3-5H3,(H,13,14). The molecule has 0 aliphatic carbocycles. The SMILES string of the molecule is C=C(C)C(=O)OC(C)(C=C(C)C(=O)O)CC. The predicted octanol–water partition coefficient (Wildman–Crippen LogP) is 2.31. The summed E-state index contributed by atoms with van der Waals surface area (Å²) in [6.07, 6.45) is 1.94. The van der Waals surface area contributed by atoms with E-state index in [1.165, 1.54) is 13.0 Å². The van der Waals surface area contributed by atoms with Crippen LogP contribution in [0.4, 0.5) is 0 Å². The van der Waals surface area contributed by atoms with Crippen LogP contribution in [0.3, 0.4) is 0 Å². The smallest absolute Gasteiger partial charge is 0.333 e. The molecule has 0 aromatic carbocycles. The first-order chi connectivity index (χ1) is 7.22. The number of ether oxygens (including phenoxy) is 1. The first kappa shape index (κ1) is 14.4. The van der Waals surface area contributed by atoms with E-state index in [1.54, 1.807) is 13.8 Å². The van der Waals surface area contributed by atoms with Gasteiger partial charge >= 0.3 is 11.9 Å². The van der Waals surface area contributed by atoms with Gasteiger partial charge in [0.15, 0.2) is 0 Å². The fourth-order valence-corrected chi connectivity index (χ4v) is 1.02. The molecule has 1 atom stereocenters. The summed E-state index contributed by atoms with van der Waals surface area (Å²) in [5.74, 6) is -1.54. The molecule has 0 heterocycles. The van der Waals surface area contributed by atoms with E-state index in [1.807, 2.05) is 6.92 Å². The maximum Gasteiger partial charge on any atom is 0.333 e. The zero-order valence-electron chi connectivity index (χ0n) is 10.2. The van der Waals surface area contributed by atoms with Crippen LogP contribution in [0.5, 0.6) is 0 Å². The third-order valence-corrected chi connectivity index (χ3v) is 2.24. The van der Waals surface area contributed by atoms with E-state index in [0.717, 1.165) is 0 Å². The molecular formula is C12H18O4. The van der Waals surface area contributed by atoms with Gasteiger partial charge in [-0.3, -0.25) is 0 Å². The number of hydrogen-bond donors (Lipinski definition) is 1. The summed E-state index contributed by atoms with van der Waals surface area (Å²) < 4.78 is 5.19. The molecule has 4 heteroatoms. The number of carbonyl (C=O) groups excluding carboxylic acids is 1. The minimum absolute atomic E-state index is 0.152. The van der Waals surface area contributed by atoms with Gasteiger partial charge in [0.25, 0.3) is 0 Å². The van der Waals surface area contributed by atoms with Crippen molar-refractivity contribution in [2.24, 2.45) is 0 Å². The summed E-state index contributed by atoms with van der Waals surface area (Å²) >= 11 is 0. The van der Waals surface area contributed by atoms with Gasteiger partial charge in [-0.2, -0.15) is 0 Å². The Morgan fingerprint density at radius 2 is 1.94 bits per heavy atom. The fraction of sp³-hybridized carbons (Fsp3) is 0.500. The van der Waals surface area contributed by atoms with Crippen molar-refractivity contribution in [3.63, 3.8) is 0 Å². The lowest BCUT2D eigenvalue weighted by Crippen LogP contribution is -2.30. The van der Waals surface area contributed by atoms with Crippen LogP contribution >= 0.6 is 0 Å². The Balaban J connectivity index is 4.93. The summed E-state index contributed by atoms with van der Waals surface area (Å²) in [7, 11) is 0. The summed E-state index contributed by atoms with van der Waals surface area (Å²) in [6, 6.07) is 0. The zero-order valence-corrected chi connectivity index (χ0v) is 10.2. The number of carboxylic acid groups (broad SMARTS) is 1.